The van der Waals surface area contributed by atoms with Crippen LogP contribution in [0.3, 0.4) is 0 Å². The van der Waals surface area contributed by atoms with Gasteiger partial charge in [0.25, 0.3) is 0 Å². The summed E-state index contributed by atoms with van der Waals surface area (Å²) >= 11 is 0. The highest BCUT2D eigenvalue weighted by Crippen LogP contribution is 2.19. The van der Waals surface area contributed by atoms with Crippen LogP contribution in [0.2, 0.25) is 25.7 Å². The summed E-state index contributed by atoms with van der Waals surface area (Å²) in [6.45, 7) is 8.70. The van der Waals surface area contributed by atoms with Gasteiger partial charge in [-0.2, -0.15) is 5.26 Å². The lowest BCUT2D eigenvalue weighted by molar-refractivity contribution is 0.132. The first kappa shape index (κ1) is 17.2. The van der Waals surface area contributed by atoms with Crippen molar-refractivity contribution < 1.29 is 9.53 Å². The molecule has 114 valence electrons. The largest absolute Gasteiger partial charge is 0.445 e. The number of nitrogens with zero attached hydrogens (tertiary/aromatic N) is 1. The predicted molar refractivity (Wildman–Crippen MR) is 86.6 cm³/mol. The fraction of sp³-hybridized carbons (Fsp3) is 0.500. The average Bonchev–Trinajstić information content (AvgIpc) is 2.43. The van der Waals surface area contributed by atoms with Crippen LogP contribution in [0.15, 0.2) is 30.3 Å². The molecule has 0 saturated carbocycles. The van der Waals surface area contributed by atoms with E-state index < -0.39 is 19.7 Å². The Morgan fingerprint density at radius 3 is 2.48 bits per heavy atom. The summed E-state index contributed by atoms with van der Waals surface area (Å²) in [7, 11) is -1.25. The molecule has 0 bridgehead atoms. The standard InChI is InChI=1S/C16H24N2O2Si/c1-16(13-17,10-11-21(2,3)4)18-15(19)20-12-14-8-6-5-7-9-14/h5-9H,10-12H2,1-4H3,(H,18,19). The van der Waals surface area contributed by atoms with E-state index in [0.29, 0.717) is 6.42 Å². The Kier molecular flexibility index (Phi) is 5.98. The molecule has 0 heterocycles. The second kappa shape index (κ2) is 7.28. The Morgan fingerprint density at radius 2 is 1.95 bits per heavy atom. The molecule has 1 aromatic carbocycles. The van der Waals surface area contributed by atoms with E-state index in [4.69, 9.17) is 4.74 Å². The molecule has 5 heteroatoms. The number of carbonyl (C=O) groups excluding carboxylic acids is 1. The van der Waals surface area contributed by atoms with Gasteiger partial charge in [0.1, 0.15) is 12.1 Å². The first-order valence-corrected chi connectivity index (χ1v) is 10.8. The molecule has 0 aliphatic rings. The minimum atomic E-state index is -1.25. The van der Waals surface area contributed by atoms with Crippen molar-refractivity contribution in [2.24, 2.45) is 0 Å². The molecule has 0 radical (unpaired) electrons. The van der Waals surface area contributed by atoms with Crippen molar-refractivity contribution in [2.45, 2.75) is 51.2 Å². The van der Waals surface area contributed by atoms with Crippen molar-refractivity contribution in [1.29, 1.82) is 5.26 Å². The highest BCUT2D eigenvalue weighted by molar-refractivity contribution is 6.76. The molecule has 1 unspecified atom stereocenters. The number of rotatable bonds is 6. The molecule has 0 saturated heterocycles. The van der Waals surface area contributed by atoms with Gasteiger partial charge in [0, 0.05) is 8.07 Å². The fourth-order valence-corrected chi connectivity index (χ4v) is 3.01. The molecule has 0 spiro atoms. The predicted octanol–water partition coefficient (Wildman–Crippen LogP) is 3.92. The zero-order valence-corrected chi connectivity index (χ0v) is 14.3. The molecule has 0 aliphatic carbocycles. The van der Waals surface area contributed by atoms with E-state index in [0.717, 1.165) is 11.6 Å². The van der Waals surface area contributed by atoms with Crippen LogP contribution in [-0.4, -0.2) is 19.7 Å². The van der Waals surface area contributed by atoms with Gasteiger partial charge in [0.05, 0.1) is 6.07 Å². The summed E-state index contributed by atoms with van der Waals surface area (Å²) in [6, 6.07) is 12.6. The molecule has 4 nitrogen and oxygen atoms in total. The molecule has 1 atom stereocenters. The maximum absolute atomic E-state index is 11.8. The zero-order valence-electron chi connectivity index (χ0n) is 13.3. The smallest absolute Gasteiger partial charge is 0.408 e. The molecule has 1 N–H and O–H groups in total. The second-order valence-electron chi connectivity index (χ2n) is 6.69. The number of nitrogens with one attached hydrogen (secondary N) is 1. The topological polar surface area (TPSA) is 62.1 Å². The third-order valence-electron chi connectivity index (χ3n) is 3.21. The van der Waals surface area contributed by atoms with E-state index >= 15 is 0 Å². The Hall–Kier alpha value is -1.80. The second-order valence-corrected chi connectivity index (χ2v) is 12.3. The van der Waals surface area contributed by atoms with Crippen molar-refractivity contribution in [3.05, 3.63) is 35.9 Å². The Balaban J connectivity index is 2.49. The van der Waals surface area contributed by atoms with Crippen molar-refractivity contribution in [1.82, 2.24) is 5.32 Å². The van der Waals surface area contributed by atoms with Crippen LogP contribution in [0.4, 0.5) is 4.79 Å². The van der Waals surface area contributed by atoms with Gasteiger partial charge < -0.3 is 10.1 Å². The number of hydrogen-bond donors (Lipinski definition) is 1. The zero-order chi connectivity index (χ0) is 15.9. The van der Waals surface area contributed by atoms with Gasteiger partial charge in [-0.1, -0.05) is 56.0 Å². The van der Waals surface area contributed by atoms with E-state index in [1.807, 2.05) is 30.3 Å². The summed E-state index contributed by atoms with van der Waals surface area (Å²) in [5.74, 6) is 0. The van der Waals surface area contributed by atoms with E-state index in [2.05, 4.69) is 31.0 Å². The molecule has 21 heavy (non-hydrogen) atoms. The minimum Gasteiger partial charge on any atom is -0.445 e. The molecule has 0 aromatic heterocycles. The van der Waals surface area contributed by atoms with Crippen LogP contribution >= 0.6 is 0 Å². The summed E-state index contributed by atoms with van der Waals surface area (Å²) in [4.78, 5) is 11.8. The highest BCUT2D eigenvalue weighted by atomic mass is 28.3. The number of alkyl carbamates (subject to hydrolysis) is 1. The third kappa shape index (κ3) is 6.96. The van der Waals surface area contributed by atoms with E-state index in [-0.39, 0.29) is 6.61 Å². The van der Waals surface area contributed by atoms with Crippen LogP contribution in [-0.2, 0) is 11.3 Å². The highest BCUT2D eigenvalue weighted by Gasteiger charge is 2.29. The number of ether oxygens (including phenoxy) is 1. The summed E-state index contributed by atoms with van der Waals surface area (Å²) in [5.41, 5.74) is 0.0574. The van der Waals surface area contributed by atoms with Gasteiger partial charge in [-0.15, -0.1) is 0 Å². The van der Waals surface area contributed by atoms with E-state index in [9.17, 15) is 10.1 Å². The van der Waals surface area contributed by atoms with Crippen LogP contribution in [0, 0.1) is 11.3 Å². The van der Waals surface area contributed by atoms with Crippen LogP contribution in [0.5, 0.6) is 0 Å². The lowest BCUT2D eigenvalue weighted by Gasteiger charge is -2.26. The van der Waals surface area contributed by atoms with Gasteiger partial charge in [0.2, 0.25) is 0 Å². The number of hydrogen-bond acceptors (Lipinski definition) is 3. The normalized spacial score (nSPS) is 13.9. The maximum Gasteiger partial charge on any atom is 0.408 e. The van der Waals surface area contributed by atoms with Gasteiger partial charge in [-0.3, -0.25) is 0 Å². The third-order valence-corrected chi connectivity index (χ3v) is 4.96. The van der Waals surface area contributed by atoms with Crippen molar-refractivity contribution in [2.75, 3.05) is 0 Å². The minimum absolute atomic E-state index is 0.211. The Labute approximate surface area is 128 Å². The molecule has 1 amide bonds. The van der Waals surface area contributed by atoms with E-state index in [1.54, 1.807) is 6.92 Å². The molecule has 0 aliphatic heterocycles. The average molecular weight is 304 g/mol. The van der Waals surface area contributed by atoms with E-state index in [1.165, 1.54) is 0 Å². The van der Waals surface area contributed by atoms with Gasteiger partial charge >= 0.3 is 6.09 Å². The summed E-state index contributed by atoms with van der Waals surface area (Å²) < 4.78 is 5.17. The Morgan fingerprint density at radius 1 is 1.33 bits per heavy atom. The summed E-state index contributed by atoms with van der Waals surface area (Å²) in [6.07, 6.45) is 0.109. The number of nitriles is 1. The summed E-state index contributed by atoms with van der Waals surface area (Å²) in [5, 5.41) is 12.0. The molecular weight excluding hydrogens is 280 g/mol. The van der Waals surface area contributed by atoms with Crippen LogP contribution < -0.4 is 5.32 Å². The molecular formula is C16H24N2O2Si. The fourth-order valence-electron chi connectivity index (χ4n) is 1.76. The van der Waals surface area contributed by atoms with Gasteiger partial charge in [-0.25, -0.2) is 4.79 Å². The van der Waals surface area contributed by atoms with Crippen LogP contribution in [0.1, 0.15) is 18.9 Å². The molecule has 1 aromatic rings. The Bertz CT molecular complexity index is 505. The maximum atomic E-state index is 11.8. The first-order valence-electron chi connectivity index (χ1n) is 7.14. The van der Waals surface area contributed by atoms with Crippen molar-refractivity contribution in [3.8, 4) is 6.07 Å². The van der Waals surface area contributed by atoms with Crippen molar-refractivity contribution in [3.63, 3.8) is 0 Å². The van der Waals surface area contributed by atoms with Gasteiger partial charge in [-0.05, 0) is 18.9 Å². The number of amides is 1. The quantitative estimate of drug-likeness (QED) is 0.810. The van der Waals surface area contributed by atoms with Gasteiger partial charge in [0.15, 0.2) is 0 Å². The van der Waals surface area contributed by atoms with Crippen molar-refractivity contribution >= 4 is 14.2 Å². The lowest BCUT2D eigenvalue weighted by atomic mass is 10.0. The lowest BCUT2D eigenvalue weighted by Crippen LogP contribution is -2.46. The number of carbonyl (C=O) groups is 1. The van der Waals surface area contributed by atoms with Crippen LogP contribution in [0.25, 0.3) is 0 Å². The first-order chi connectivity index (χ1) is 9.74. The number of benzene rings is 1. The SMILES string of the molecule is CC(C#N)(CC[Si](C)(C)C)NC(=O)OCc1ccccc1. The molecule has 1 rings (SSSR count). The monoisotopic (exact) mass is 304 g/mol. The molecule has 0 fully saturated rings.